The van der Waals surface area contributed by atoms with Crippen molar-refractivity contribution in [2.24, 2.45) is 5.92 Å². The number of ketones is 1. The molecule has 0 aromatic heterocycles. The van der Waals surface area contributed by atoms with E-state index in [1.54, 1.807) is 50.6 Å². The predicted molar refractivity (Wildman–Crippen MR) is 113 cm³/mol. The molecule has 1 fully saturated rings. The number of hydrogen-bond acceptors (Lipinski definition) is 5. The summed E-state index contributed by atoms with van der Waals surface area (Å²) in [6.45, 7) is 5.02. The van der Waals surface area contributed by atoms with Crippen molar-refractivity contribution in [3.8, 4) is 23.0 Å². The zero-order chi connectivity index (χ0) is 21.3. The molecule has 2 atom stereocenters. The minimum absolute atomic E-state index is 0.174. The predicted octanol–water partition coefficient (Wildman–Crippen LogP) is 2.84. The van der Waals surface area contributed by atoms with Gasteiger partial charge in [0.1, 0.15) is 23.8 Å². The third-order valence-electron chi connectivity index (χ3n) is 5.93. The number of aromatic hydroxyl groups is 1. The topological polar surface area (TPSA) is 69.4 Å². The van der Waals surface area contributed by atoms with Gasteiger partial charge in [0, 0.05) is 11.5 Å². The molecule has 2 aliphatic heterocycles. The molecule has 0 amide bonds. The number of carbonyl (C=O) groups excluding carboxylic acids is 1. The highest BCUT2D eigenvalue weighted by molar-refractivity contribution is 6.15. The molecule has 1 saturated heterocycles. The SMILES string of the molecule is COc1ccc(OC)c(/C=C2\Oc3c(ccc(O)c3C[NH+]3CCC[C@H](C)C3)C2=O)c1. The summed E-state index contributed by atoms with van der Waals surface area (Å²) in [4.78, 5) is 14.4. The van der Waals surface area contributed by atoms with Crippen molar-refractivity contribution in [3.05, 3.63) is 52.8 Å². The lowest BCUT2D eigenvalue weighted by Crippen LogP contribution is -3.12. The molecule has 6 nitrogen and oxygen atoms in total. The van der Waals surface area contributed by atoms with Crippen LogP contribution >= 0.6 is 0 Å². The quantitative estimate of drug-likeness (QED) is 0.742. The van der Waals surface area contributed by atoms with Gasteiger partial charge in [0.25, 0.3) is 0 Å². The maximum absolute atomic E-state index is 13.0. The largest absolute Gasteiger partial charge is 0.507 e. The Morgan fingerprint density at radius 2 is 2.07 bits per heavy atom. The van der Waals surface area contributed by atoms with E-state index in [1.807, 2.05) is 0 Å². The standard InChI is InChI=1S/C24H27NO5/c1-15-5-4-10-25(13-15)14-19-20(26)8-7-18-23(27)22(30-24(18)19)12-16-11-17(28-2)6-9-21(16)29-3/h6-9,11-12,15,26H,4-5,10,13-14H2,1-3H3/p+1/b22-12-/t15-/m0/s1. The second-order valence-electron chi connectivity index (χ2n) is 8.12. The zero-order valence-electron chi connectivity index (χ0n) is 17.7. The fourth-order valence-corrected chi connectivity index (χ4v) is 4.37. The fraction of sp³-hybridized carbons (Fsp3) is 0.375. The maximum atomic E-state index is 13.0. The average Bonchev–Trinajstić information content (AvgIpc) is 3.06. The van der Waals surface area contributed by atoms with Gasteiger partial charge in [-0.2, -0.15) is 0 Å². The summed E-state index contributed by atoms with van der Waals surface area (Å²) in [5.74, 6) is 2.60. The van der Waals surface area contributed by atoms with Gasteiger partial charge in [0.2, 0.25) is 5.78 Å². The van der Waals surface area contributed by atoms with Crippen molar-refractivity contribution < 1.29 is 29.0 Å². The van der Waals surface area contributed by atoms with E-state index in [9.17, 15) is 9.90 Å². The number of hydrogen-bond donors (Lipinski definition) is 2. The molecule has 30 heavy (non-hydrogen) atoms. The van der Waals surface area contributed by atoms with E-state index in [0.717, 1.165) is 13.1 Å². The summed E-state index contributed by atoms with van der Waals surface area (Å²) >= 11 is 0. The highest BCUT2D eigenvalue weighted by Gasteiger charge is 2.33. The van der Waals surface area contributed by atoms with Gasteiger partial charge < -0.3 is 24.2 Å². The summed E-state index contributed by atoms with van der Waals surface area (Å²) in [5, 5.41) is 10.5. The molecule has 0 radical (unpaired) electrons. The van der Waals surface area contributed by atoms with Crippen LogP contribution in [-0.4, -0.2) is 38.2 Å². The van der Waals surface area contributed by atoms with Crippen LogP contribution in [0, 0.1) is 5.92 Å². The van der Waals surface area contributed by atoms with Crippen LogP contribution < -0.4 is 19.1 Å². The first-order chi connectivity index (χ1) is 14.5. The molecule has 2 aliphatic rings. The Balaban J connectivity index is 1.67. The number of nitrogens with one attached hydrogen (secondary N) is 1. The van der Waals surface area contributed by atoms with Crippen LogP contribution in [-0.2, 0) is 6.54 Å². The van der Waals surface area contributed by atoms with Crippen LogP contribution in [0.15, 0.2) is 36.1 Å². The molecule has 2 N–H and O–H groups in total. The molecule has 4 rings (SSSR count). The third-order valence-corrected chi connectivity index (χ3v) is 5.93. The van der Waals surface area contributed by atoms with Gasteiger partial charge in [-0.3, -0.25) is 4.79 Å². The van der Waals surface area contributed by atoms with Crippen LogP contribution in [0.5, 0.6) is 23.0 Å². The zero-order valence-corrected chi connectivity index (χ0v) is 17.7. The summed E-state index contributed by atoms with van der Waals surface area (Å²) in [7, 11) is 3.17. The van der Waals surface area contributed by atoms with Crippen molar-refractivity contribution in [3.63, 3.8) is 0 Å². The Morgan fingerprint density at radius 1 is 1.23 bits per heavy atom. The molecular weight excluding hydrogens is 382 g/mol. The number of quaternary nitrogens is 1. The molecule has 2 aromatic rings. The lowest BCUT2D eigenvalue weighted by molar-refractivity contribution is -0.922. The lowest BCUT2D eigenvalue weighted by Gasteiger charge is -2.28. The first-order valence-electron chi connectivity index (χ1n) is 10.3. The summed E-state index contributed by atoms with van der Waals surface area (Å²) in [6, 6.07) is 8.61. The number of piperidine rings is 1. The number of phenols is 1. The molecular formula is C24H28NO5+. The number of Topliss-reactive ketones (excluding diaryl/α,β-unsaturated/α-hetero) is 1. The van der Waals surface area contributed by atoms with Crippen molar-refractivity contribution in [2.75, 3.05) is 27.3 Å². The van der Waals surface area contributed by atoms with Gasteiger partial charge in [-0.15, -0.1) is 0 Å². The molecule has 2 aromatic carbocycles. The molecule has 6 heteroatoms. The third kappa shape index (κ3) is 3.87. The number of benzene rings is 2. The number of carbonyl (C=O) groups is 1. The lowest BCUT2D eigenvalue weighted by atomic mass is 9.99. The van der Waals surface area contributed by atoms with E-state index in [0.29, 0.717) is 46.4 Å². The normalized spacial score (nSPS) is 22.0. The number of ether oxygens (including phenoxy) is 3. The first-order valence-corrected chi connectivity index (χ1v) is 10.3. The van der Waals surface area contributed by atoms with Gasteiger partial charge in [-0.05, 0) is 49.2 Å². The van der Waals surface area contributed by atoms with E-state index >= 15 is 0 Å². The van der Waals surface area contributed by atoms with Gasteiger partial charge in [-0.25, -0.2) is 0 Å². The van der Waals surface area contributed by atoms with E-state index < -0.39 is 0 Å². The fourth-order valence-electron chi connectivity index (χ4n) is 4.37. The van der Waals surface area contributed by atoms with Crippen LogP contribution in [0.3, 0.4) is 0 Å². The van der Waals surface area contributed by atoms with Crippen molar-refractivity contribution in [1.82, 2.24) is 0 Å². The Kier molecular flexibility index (Phi) is 5.68. The molecule has 0 bridgehead atoms. The van der Waals surface area contributed by atoms with E-state index in [2.05, 4.69) is 6.92 Å². The number of methoxy groups -OCH3 is 2. The molecule has 2 heterocycles. The second-order valence-corrected chi connectivity index (χ2v) is 8.12. The van der Waals surface area contributed by atoms with Crippen LogP contribution in [0.1, 0.15) is 41.3 Å². The van der Waals surface area contributed by atoms with Crippen molar-refractivity contribution in [2.45, 2.75) is 26.3 Å². The number of rotatable bonds is 5. The summed E-state index contributed by atoms with van der Waals surface area (Å²) in [5.41, 5.74) is 1.88. The molecule has 158 valence electrons. The molecule has 0 aliphatic carbocycles. The van der Waals surface area contributed by atoms with Crippen molar-refractivity contribution in [1.29, 1.82) is 0 Å². The Bertz CT molecular complexity index is 997. The number of likely N-dealkylation sites (tertiary alicyclic amines) is 1. The van der Waals surface area contributed by atoms with E-state index in [1.165, 1.54) is 17.7 Å². The minimum atomic E-state index is -0.196. The Hall–Kier alpha value is -2.99. The minimum Gasteiger partial charge on any atom is -0.507 e. The van der Waals surface area contributed by atoms with Crippen LogP contribution in [0.2, 0.25) is 0 Å². The second kappa shape index (κ2) is 8.40. The smallest absolute Gasteiger partial charge is 0.231 e. The monoisotopic (exact) mass is 410 g/mol. The highest BCUT2D eigenvalue weighted by atomic mass is 16.5. The van der Waals surface area contributed by atoms with Gasteiger partial charge in [0.15, 0.2) is 11.5 Å². The number of phenolic OH excluding ortho intramolecular Hbond substituents is 1. The number of fused-ring (bicyclic) bond motifs is 1. The maximum Gasteiger partial charge on any atom is 0.231 e. The average molecular weight is 410 g/mol. The first kappa shape index (κ1) is 20.3. The van der Waals surface area contributed by atoms with Gasteiger partial charge >= 0.3 is 0 Å². The summed E-state index contributed by atoms with van der Waals surface area (Å²) in [6.07, 6.45) is 4.08. The van der Waals surface area contributed by atoms with Crippen molar-refractivity contribution >= 4 is 11.9 Å². The Labute approximate surface area is 176 Å². The van der Waals surface area contributed by atoms with Crippen LogP contribution in [0.4, 0.5) is 0 Å². The van der Waals surface area contributed by atoms with E-state index in [4.69, 9.17) is 14.2 Å². The molecule has 1 unspecified atom stereocenters. The summed E-state index contributed by atoms with van der Waals surface area (Å²) < 4.78 is 16.7. The highest BCUT2D eigenvalue weighted by Crippen LogP contribution is 2.40. The number of allylic oxidation sites excluding steroid dienone is 1. The Morgan fingerprint density at radius 3 is 2.80 bits per heavy atom. The van der Waals surface area contributed by atoms with Gasteiger partial charge in [-0.1, -0.05) is 6.92 Å². The molecule has 0 spiro atoms. The van der Waals surface area contributed by atoms with E-state index in [-0.39, 0.29) is 17.3 Å². The van der Waals surface area contributed by atoms with Gasteiger partial charge in [0.05, 0.1) is 38.4 Å². The molecule has 0 saturated carbocycles. The van der Waals surface area contributed by atoms with Crippen LogP contribution in [0.25, 0.3) is 6.08 Å².